The Morgan fingerprint density at radius 3 is 2.40 bits per heavy atom. The summed E-state index contributed by atoms with van der Waals surface area (Å²) in [5.74, 6) is -0.303. The van der Waals surface area contributed by atoms with Crippen LogP contribution in [0.4, 0.5) is 0 Å². The van der Waals surface area contributed by atoms with E-state index in [2.05, 4.69) is 4.74 Å². The lowest BCUT2D eigenvalue weighted by molar-refractivity contribution is -0.139. The van der Waals surface area contributed by atoms with E-state index in [4.69, 9.17) is 34.8 Å². The topological polar surface area (TPSA) is 43.4 Å². The quantitative estimate of drug-likeness (QED) is 0.732. The van der Waals surface area contributed by atoms with Crippen LogP contribution < -0.4 is 0 Å². The van der Waals surface area contributed by atoms with Crippen LogP contribution in [0.25, 0.3) is 0 Å². The van der Waals surface area contributed by atoms with Gasteiger partial charge in [0.15, 0.2) is 0 Å². The molecule has 0 aromatic carbocycles. The van der Waals surface area contributed by atoms with E-state index in [0.29, 0.717) is 0 Å². The Morgan fingerprint density at radius 2 is 1.93 bits per heavy atom. The largest absolute Gasteiger partial charge is 0.462 e. The highest BCUT2D eigenvalue weighted by Gasteiger charge is 2.03. The molecule has 1 unspecified atom stereocenters. The zero-order valence-electron chi connectivity index (χ0n) is 7.84. The predicted octanol–water partition coefficient (Wildman–Crippen LogP) is 2.70. The molecular weight excluding hydrogens is 283 g/mol. The summed E-state index contributed by atoms with van der Waals surface area (Å²) in [4.78, 5) is 10.4. The third kappa shape index (κ3) is 8.93. The van der Waals surface area contributed by atoms with Crippen molar-refractivity contribution < 1.29 is 13.7 Å². The maximum absolute atomic E-state index is 11.3. The van der Waals surface area contributed by atoms with Crippen LogP contribution in [-0.2, 0) is 20.3 Å². The van der Waals surface area contributed by atoms with E-state index in [1.165, 1.54) is 19.1 Å². The molecule has 0 aromatic rings. The fourth-order valence-electron chi connectivity index (χ4n) is 0.536. The first kappa shape index (κ1) is 15.0. The summed E-state index contributed by atoms with van der Waals surface area (Å²) in [5, 5.41) is 0. The van der Waals surface area contributed by atoms with Gasteiger partial charge in [0.25, 0.3) is 0 Å². The second-order valence-electron chi connectivity index (χ2n) is 2.32. The minimum atomic E-state index is -1.41. The number of carbonyl (C=O) groups excluding carboxylic acids is 1. The highest BCUT2D eigenvalue weighted by Crippen LogP contribution is 2.11. The molecule has 0 N–H and O–H groups in total. The van der Waals surface area contributed by atoms with Crippen LogP contribution in [0.15, 0.2) is 21.0 Å². The number of ether oxygens (including phenoxy) is 1. The summed E-state index contributed by atoms with van der Waals surface area (Å²) in [5.41, 5.74) is 0. The summed E-state index contributed by atoms with van der Waals surface area (Å²) < 4.78 is 16.1. The Kier molecular flexibility index (Phi) is 8.14. The first-order valence-corrected chi connectivity index (χ1v) is 6.27. The second-order valence-corrected chi connectivity index (χ2v) is 5.42. The third-order valence-corrected chi connectivity index (χ3v) is 3.19. The first-order valence-electron chi connectivity index (χ1n) is 3.82. The maximum Gasteiger partial charge on any atom is 0.302 e. The normalized spacial score (nSPS) is 13.2. The monoisotopic (exact) mass is 290 g/mol. The summed E-state index contributed by atoms with van der Waals surface area (Å²) >= 11 is 16.3. The fourth-order valence-corrected chi connectivity index (χ4v) is 1.86. The molecule has 0 aromatic heterocycles. The molecule has 7 heteroatoms. The molecule has 1 atom stereocenters. The average molecular weight is 292 g/mol. The Hall–Kier alpha value is -0.0300. The summed E-state index contributed by atoms with van der Waals surface area (Å²) in [6.45, 7) is 1.27. The molecule has 0 bridgehead atoms. The van der Waals surface area contributed by atoms with E-state index in [1.807, 2.05) is 0 Å². The van der Waals surface area contributed by atoms with Crippen LogP contribution in [0.2, 0.25) is 0 Å². The van der Waals surface area contributed by atoms with Gasteiger partial charge in [0.05, 0.1) is 10.8 Å². The lowest BCUT2D eigenvalue weighted by atomic mass is 10.7. The highest BCUT2D eigenvalue weighted by atomic mass is 35.5. The van der Waals surface area contributed by atoms with Crippen LogP contribution in [0, 0.1) is 0 Å². The van der Waals surface area contributed by atoms with Gasteiger partial charge in [0, 0.05) is 12.7 Å². The van der Waals surface area contributed by atoms with Gasteiger partial charge in [0.1, 0.15) is 15.5 Å². The minimum Gasteiger partial charge on any atom is -0.462 e. The van der Waals surface area contributed by atoms with E-state index >= 15 is 0 Å². The highest BCUT2D eigenvalue weighted by molar-refractivity contribution is 7.90. The van der Waals surface area contributed by atoms with Crippen molar-refractivity contribution >= 4 is 51.6 Å². The van der Waals surface area contributed by atoms with Gasteiger partial charge in [-0.3, -0.25) is 9.00 Å². The van der Waals surface area contributed by atoms with Gasteiger partial charge < -0.3 is 4.74 Å². The Balaban J connectivity index is 4.08. The number of esters is 1. The van der Waals surface area contributed by atoms with Crippen LogP contribution in [0.3, 0.4) is 0 Å². The molecule has 0 fully saturated rings. The van der Waals surface area contributed by atoms with Crippen molar-refractivity contribution in [1.29, 1.82) is 0 Å². The predicted molar refractivity (Wildman–Crippen MR) is 63.4 cm³/mol. The van der Waals surface area contributed by atoms with Crippen molar-refractivity contribution in [3.8, 4) is 0 Å². The number of hydrogen-bond donors (Lipinski definition) is 0. The lowest BCUT2D eigenvalue weighted by Gasteiger charge is -1.98. The minimum absolute atomic E-state index is 0.00176. The van der Waals surface area contributed by atoms with Crippen molar-refractivity contribution in [2.45, 2.75) is 6.92 Å². The summed E-state index contributed by atoms with van der Waals surface area (Å²) in [7, 11) is -1.41. The van der Waals surface area contributed by atoms with Gasteiger partial charge >= 0.3 is 5.97 Å². The molecule has 0 spiro atoms. The molecule has 0 saturated carbocycles. The smallest absolute Gasteiger partial charge is 0.302 e. The molecule has 0 rings (SSSR count). The average Bonchev–Trinajstić information content (AvgIpc) is 2.13. The number of hydrogen-bond acceptors (Lipinski definition) is 3. The van der Waals surface area contributed by atoms with Gasteiger partial charge in [-0.1, -0.05) is 34.8 Å². The Morgan fingerprint density at radius 1 is 1.33 bits per heavy atom. The van der Waals surface area contributed by atoms with Crippen LogP contribution >= 0.6 is 34.8 Å². The third-order valence-electron chi connectivity index (χ3n) is 1.14. The molecule has 15 heavy (non-hydrogen) atoms. The standard InChI is InChI=1S/C8H9Cl3O3S/c1-6(12)14-4-2-8(11)15(13)5-3-7(9)10/h2-3H,4-5H2,1H3. The molecule has 0 aliphatic carbocycles. The van der Waals surface area contributed by atoms with Crippen molar-refractivity contribution in [2.24, 2.45) is 0 Å². The van der Waals surface area contributed by atoms with E-state index < -0.39 is 16.8 Å². The van der Waals surface area contributed by atoms with Crippen LogP contribution in [0.1, 0.15) is 6.92 Å². The van der Waals surface area contributed by atoms with E-state index in [9.17, 15) is 9.00 Å². The van der Waals surface area contributed by atoms with Crippen molar-refractivity contribution in [3.63, 3.8) is 0 Å². The van der Waals surface area contributed by atoms with E-state index in [1.54, 1.807) is 0 Å². The van der Waals surface area contributed by atoms with Gasteiger partial charge in [-0.05, 0) is 12.2 Å². The van der Waals surface area contributed by atoms with Gasteiger partial charge in [0.2, 0.25) is 0 Å². The maximum atomic E-state index is 11.3. The lowest BCUT2D eigenvalue weighted by Crippen LogP contribution is -2.00. The molecule has 0 aliphatic rings. The van der Waals surface area contributed by atoms with Gasteiger partial charge in [-0.15, -0.1) is 0 Å². The molecule has 0 saturated heterocycles. The van der Waals surface area contributed by atoms with Crippen molar-refractivity contribution in [2.75, 3.05) is 12.4 Å². The fraction of sp³-hybridized carbons (Fsp3) is 0.375. The molecule has 0 radical (unpaired) electrons. The molecule has 0 heterocycles. The summed E-state index contributed by atoms with van der Waals surface area (Å²) in [6, 6.07) is 0. The number of carbonyl (C=O) groups is 1. The SMILES string of the molecule is CC(=O)OCC=C(Cl)S(=O)CC=C(Cl)Cl. The Labute approximate surface area is 105 Å². The molecule has 86 valence electrons. The zero-order chi connectivity index (χ0) is 11.8. The molecular formula is C8H9Cl3O3S. The number of halogens is 3. The van der Waals surface area contributed by atoms with Gasteiger partial charge in [-0.25, -0.2) is 0 Å². The van der Waals surface area contributed by atoms with Crippen molar-refractivity contribution in [3.05, 3.63) is 21.0 Å². The molecule has 0 aliphatic heterocycles. The number of rotatable bonds is 5. The Bertz CT molecular complexity index is 308. The first-order chi connectivity index (χ1) is 6.93. The van der Waals surface area contributed by atoms with Crippen LogP contribution in [-0.4, -0.2) is 22.5 Å². The van der Waals surface area contributed by atoms with Crippen molar-refractivity contribution in [1.82, 2.24) is 0 Å². The summed E-state index contributed by atoms with van der Waals surface area (Å²) in [6.07, 6.45) is 2.73. The molecule has 3 nitrogen and oxygen atoms in total. The van der Waals surface area contributed by atoms with Gasteiger partial charge in [-0.2, -0.15) is 0 Å². The van der Waals surface area contributed by atoms with Crippen LogP contribution in [0.5, 0.6) is 0 Å². The van der Waals surface area contributed by atoms with E-state index in [0.717, 1.165) is 0 Å². The zero-order valence-corrected chi connectivity index (χ0v) is 10.9. The second kappa shape index (κ2) is 8.16. The van der Waals surface area contributed by atoms with E-state index in [-0.39, 0.29) is 21.2 Å². The molecule has 0 amide bonds.